The lowest BCUT2D eigenvalue weighted by molar-refractivity contribution is 0.563. The standard InChI is InChI=1S/C26H17N5O2S/c32-25-20(14-17-8-4-6-12-22(17)33-25)24-18(16-31(30-24)19-9-2-1-3-10-19)15-27-29-26-28-21-11-5-7-13-23(21)34-26/h1-16H,(H,28,29). The first-order valence-electron chi connectivity index (χ1n) is 10.6. The normalized spacial score (nSPS) is 11.5. The highest BCUT2D eigenvalue weighted by Gasteiger charge is 2.16. The van der Waals surface area contributed by atoms with Crippen molar-refractivity contribution in [1.29, 1.82) is 0 Å². The number of thiazole rings is 1. The smallest absolute Gasteiger partial charge is 0.345 e. The minimum Gasteiger partial charge on any atom is -0.422 e. The van der Waals surface area contributed by atoms with E-state index in [1.54, 1.807) is 23.0 Å². The maximum Gasteiger partial charge on any atom is 0.345 e. The third-order valence-corrected chi connectivity index (χ3v) is 6.26. The van der Waals surface area contributed by atoms with Gasteiger partial charge in [-0.25, -0.2) is 14.5 Å². The molecular weight excluding hydrogens is 446 g/mol. The Morgan fingerprint density at radius 2 is 1.76 bits per heavy atom. The summed E-state index contributed by atoms with van der Waals surface area (Å²) >= 11 is 1.52. The highest BCUT2D eigenvalue weighted by Crippen LogP contribution is 2.26. The van der Waals surface area contributed by atoms with Crippen molar-refractivity contribution < 1.29 is 4.42 Å². The van der Waals surface area contributed by atoms with Crippen LogP contribution in [0.2, 0.25) is 0 Å². The van der Waals surface area contributed by atoms with Gasteiger partial charge >= 0.3 is 5.63 Å². The molecule has 0 unspecified atom stereocenters. The second kappa shape index (κ2) is 8.42. The van der Waals surface area contributed by atoms with Gasteiger partial charge in [0.25, 0.3) is 0 Å². The number of nitrogens with zero attached hydrogens (tertiary/aromatic N) is 4. The minimum atomic E-state index is -0.453. The number of hydrazone groups is 1. The molecular formula is C26H17N5O2S. The SMILES string of the molecule is O=c1oc2ccccc2cc1-c1nn(-c2ccccc2)cc1C=NNc1nc2ccccc2s1. The summed E-state index contributed by atoms with van der Waals surface area (Å²) < 4.78 is 8.35. The van der Waals surface area contributed by atoms with Crippen molar-refractivity contribution in [2.75, 3.05) is 5.43 Å². The Labute approximate surface area is 197 Å². The first-order valence-corrected chi connectivity index (χ1v) is 11.4. The van der Waals surface area contributed by atoms with E-state index in [0.717, 1.165) is 21.3 Å². The number of hydrogen-bond acceptors (Lipinski definition) is 7. The summed E-state index contributed by atoms with van der Waals surface area (Å²) in [6.45, 7) is 0. The largest absolute Gasteiger partial charge is 0.422 e. The predicted molar refractivity (Wildman–Crippen MR) is 136 cm³/mol. The monoisotopic (exact) mass is 463 g/mol. The average molecular weight is 464 g/mol. The Balaban J connectivity index is 1.42. The van der Waals surface area contributed by atoms with E-state index < -0.39 is 5.63 Å². The fraction of sp³-hybridized carbons (Fsp3) is 0. The van der Waals surface area contributed by atoms with Crippen LogP contribution in [0.5, 0.6) is 0 Å². The summed E-state index contributed by atoms with van der Waals surface area (Å²) in [5, 5.41) is 10.6. The lowest BCUT2D eigenvalue weighted by atomic mass is 10.1. The lowest BCUT2D eigenvalue weighted by Crippen LogP contribution is -2.05. The van der Waals surface area contributed by atoms with Gasteiger partial charge in [-0.1, -0.05) is 59.9 Å². The molecule has 0 atom stereocenters. The third-order valence-electron chi connectivity index (χ3n) is 5.32. The molecule has 0 bridgehead atoms. The van der Waals surface area contributed by atoms with Crippen LogP contribution in [0, 0.1) is 0 Å². The van der Waals surface area contributed by atoms with E-state index in [9.17, 15) is 4.79 Å². The molecule has 3 aromatic carbocycles. The first-order chi connectivity index (χ1) is 16.7. The van der Waals surface area contributed by atoms with Crippen molar-refractivity contribution >= 4 is 43.9 Å². The number of para-hydroxylation sites is 3. The molecule has 0 aliphatic carbocycles. The van der Waals surface area contributed by atoms with E-state index in [4.69, 9.17) is 9.52 Å². The number of hydrogen-bond donors (Lipinski definition) is 1. The lowest BCUT2D eigenvalue weighted by Gasteiger charge is -2.01. The Bertz CT molecular complexity index is 1680. The van der Waals surface area contributed by atoms with Gasteiger partial charge in [-0.3, -0.25) is 5.43 Å². The fourth-order valence-corrected chi connectivity index (χ4v) is 4.52. The second-order valence-electron chi connectivity index (χ2n) is 7.56. The van der Waals surface area contributed by atoms with Gasteiger partial charge in [-0.05, 0) is 36.4 Å². The molecule has 0 spiro atoms. The molecule has 7 nitrogen and oxygen atoms in total. The van der Waals surface area contributed by atoms with Crippen LogP contribution in [0.15, 0.2) is 105 Å². The minimum absolute atomic E-state index is 0.370. The summed E-state index contributed by atoms with van der Waals surface area (Å²) in [4.78, 5) is 17.4. The molecule has 3 aromatic heterocycles. The summed E-state index contributed by atoms with van der Waals surface area (Å²) in [5.74, 6) is 0. The van der Waals surface area contributed by atoms with Gasteiger partial charge in [-0.2, -0.15) is 10.2 Å². The zero-order chi connectivity index (χ0) is 22.9. The number of nitrogens with one attached hydrogen (secondary N) is 1. The van der Waals surface area contributed by atoms with Crippen LogP contribution < -0.4 is 11.1 Å². The number of fused-ring (bicyclic) bond motifs is 2. The highest BCUT2D eigenvalue weighted by molar-refractivity contribution is 7.22. The van der Waals surface area contributed by atoms with E-state index in [-0.39, 0.29) is 0 Å². The van der Waals surface area contributed by atoms with Crippen LogP contribution in [0.25, 0.3) is 38.1 Å². The molecule has 34 heavy (non-hydrogen) atoms. The Hall–Kier alpha value is -4.56. The van der Waals surface area contributed by atoms with Crippen LogP contribution in [0.1, 0.15) is 5.56 Å². The molecule has 1 N–H and O–H groups in total. The summed E-state index contributed by atoms with van der Waals surface area (Å²) in [6.07, 6.45) is 3.48. The first kappa shape index (κ1) is 20.1. The van der Waals surface area contributed by atoms with E-state index >= 15 is 0 Å². The molecule has 0 aliphatic heterocycles. The van der Waals surface area contributed by atoms with Crippen LogP contribution in [-0.4, -0.2) is 21.0 Å². The topological polar surface area (TPSA) is 85.3 Å². The van der Waals surface area contributed by atoms with Crippen LogP contribution >= 0.6 is 11.3 Å². The predicted octanol–water partition coefficient (Wildman–Crippen LogP) is 5.70. The summed E-state index contributed by atoms with van der Waals surface area (Å²) in [7, 11) is 0. The second-order valence-corrected chi connectivity index (χ2v) is 8.59. The van der Waals surface area contributed by atoms with Crippen molar-refractivity contribution in [2.45, 2.75) is 0 Å². The molecule has 0 radical (unpaired) electrons. The van der Waals surface area contributed by atoms with Crippen molar-refractivity contribution in [2.24, 2.45) is 5.10 Å². The average Bonchev–Trinajstić information content (AvgIpc) is 3.48. The van der Waals surface area contributed by atoms with Crippen LogP contribution in [0.3, 0.4) is 0 Å². The quantitative estimate of drug-likeness (QED) is 0.201. The number of rotatable bonds is 5. The van der Waals surface area contributed by atoms with Gasteiger partial charge in [-0.15, -0.1) is 0 Å². The third kappa shape index (κ3) is 3.76. The Morgan fingerprint density at radius 1 is 0.971 bits per heavy atom. The molecule has 6 rings (SSSR count). The highest BCUT2D eigenvalue weighted by atomic mass is 32.1. The number of benzene rings is 3. The van der Waals surface area contributed by atoms with Crippen LogP contribution in [-0.2, 0) is 0 Å². The molecule has 0 saturated heterocycles. The van der Waals surface area contributed by atoms with Gasteiger partial charge in [0.05, 0.1) is 27.7 Å². The van der Waals surface area contributed by atoms with Gasteiger partial charge in [0, 0.05) is 17.1 Å². The molecule has 164 valence electrons. The maximum absolute atomic E-state index is 12.8. The number of anilines is 1. The van der Waals surface area contributed by atoms with E-state index in [0.29, 0.717) is 27.5 Å². The van der Waals surface area contributed by atoms with E-state index in [1.807, 2.05) is 79.0 Å². The van der Waals surface area contributed by atoms with E-state index in [1.165, 1.54) is 11.3 Å². The van der Waals surface area contributed by atoms with Crippen molar-refractivity contribution in [3.05, 3.63) is 107 Å². The summed E-state index contributed by atoms with van der Waals surface area (Å²) in [5.41, 5.74) is 6.38. The zero-order valence-electron chi connectivity index (χ0n) is 17.8. The van der Waals surface area contributed by atoms with Gasteiger partial charge < -0.3 is 4.42 Å². The summed E-state index contributed by atoms with van der Waals surface area (Å²) in [6, 6.07) is 26.8. The number of aromatic nitrogens is 3. The maximum atomic E-state index is 12.8. The molecule has 8 heteroatoms. The molecule has 0 fully saturated rings. The molecule has 6 aromatic rings. The molecule has 3 heterocycles. The fourth-order valence-electron chi connectivity index (χ4n) is 3.71. The van der Waals surface area contributed by atoms with E-state index in [2.05, 4.69) is 15.5 Å². The zero-order valence-corrected chi connectivity index (χ0v) is 18.6. The van der Waals surface area contributed by atoms with Crippen molar-refractivity contribution in [3.8, 4) is 16.9 Å². The molecule has 0 saturated carbocycles. The Morgan fingerprint density at radius 3 is 2.65 bits per heavy atom. The van der Waals surface area contributed by atoms with Crippen molar-refractivity contribution in [3.63, 3.8) is 0 Å². The van der Waals surface area contributed by atoms with Gasteiger partial charge in [0.15, 0.2) is 0 Å². The molecule has 0 amide bonds. The van der Waals surface area contributed by atoms with Crippen molar-refractivity contribution in [1.82, 2.24) is 14.8 Å². The van der Waals surface area contributed by atoms with Gasteiger partial charge in [0.1, 0.15) is 11.3 Å². The van der Waals surface area contributed by atoms with Crippen LogP contribution in [0.4, 0.5) is 5.13 Å². The van der Waals surface area contributed by atoms with Gasteiger partial charge in [0.2, 0.25) is 5.13 Å². The Kier molecular flexibility index (Phi) is 4.97. The molecule has 0 aliphatic rings.